The average Bonchev–Trinajstić information content (AvgIpc) is 2.81. The number of carbonyl (C=O) groups is 1. The van der Waals surface area contributed by atoms with Gasteiger partial charge in [0, 0.05) is 6.04 Å². The summed E-state index contributed by atoms with van der Waals surface area (Å²) in [5, 5.41) is 11.6. The molecular formula is C15H17F3N4O2. The minimum Gasteiger partial charge on any atom is -0.396 e. The maximum absolute atomic E-state index is 12.9. The topological polar surface area (TPSA) is 80.0 Å². The molecule has 1 fully saturated rings. The molecule has 9 heteroatoms. The molecule has 0 spiro atoms. The first-order chi connectivity index (χ1) is 11.3. The molecule has 0 saturated heterocycles. The first kappa shape index (κ1) is 16.7. The smallest absolute Gasteiger partial charge is 0.396 e. The van der Waals surface area contributed by atoms with Crippen LogP contribution in [0.15, 0.2) is 12.1 Å². The number of pyridine rings is 1. The zero-order valence-corrected chi connectivity index (χ0v) is 13.0. The first-order valence-corrected chi connectivity index (χ1v) is 7.69. The van der Waals surface area contributed by atoms with Gasteiger partial charge in [-0.25, -0.2) is 9.97 Å². The van der Waals surface area contributed by atoms with Crippen molar-refractivity contribution >= 4 is 23.0 Å². The van der Waals surface area contributed by atoms with E-state index in [-0.39, 0.29) is 24.2 Å². The molecule has 0 unspecified atom stereocenters. The first-order valence-electron chi connectivity index (χ1n) is 7.69. The number of imidazole rings is 1. The molecule has 24 heavy (non-hydrogen) atoms. The number of fused-ring (bicyclic) bond motifs is 1. The van der Waals surface area contributed by atoms with Crippen LogP contribution in [0.1, 0.15) is 37.9 Å². The molecule has 1 saturated carbocycles. The molecule has 6 nitrogen and oxygen atoms in total. The number of hydrogen-bond donors (Lipinski definition) is 2. The minimum absolute atomic E-state index is 0.0364. The molecule has 0 bridgehead atoms. The predicted molar refractivity (Wildman–Crippen MR) is 80.3 cm³/mol. The summed E-state index contributed by atoms with van der Waals surface area (Å²) in [7, 11) is 0. The van der Waals surface area contributed by atoms with E-state index in [1.807, 2.05) is 0 Å². The Morgan fingerprint density at radius 3 is 2.67 bits per heavy atom. The summed E-state index contributed by atoms with van der Waals surface area (Å²) in [6, 6.07) is 2.10. The Kier molecular flexibility index (Phi) is 4.20. The van der Waals surface area contributed by atoms with E-state index < -0.39 is 23.7 Å². The molecule has 0 aliphatic heterocycles. The Morgan fingerprint density at radius 1 is 1.42 bits per heavy atom. The Balaban J connectivity index is 2.06. The minimum atomic E-state index is -4.54. The lowest BCUT2D eigenvalue weighted by Crippen LogP contribution is -2.27. The highest BCUT2D eigenvalue weighted by Gasteiger charge is 2.34. The molecule has 0 aromatic carbocycles. The number of alkyl halides is 3. The highest BCUT2D eigenvalue weighted by molar-refractivity contribution is 5.92. The second-order valence-electron chi connectivity index (χ2n) is 6.00. The van der Waals surface area contributed by atoms with Gasteiger partial charge in [0.2, 0.25) is 11.9 Å². The maximum Gasteiger partial charge on any atom is 0.433 e. The van der Waals surface area contributed by atoms with Crippen molar-refractivity contribution in [2.45, 2.75) is 38.4 Å². The Hall–Kier alpha value is -2.16. The van der Waals surface area contributed by atoms with Crippen molar-refractivity contribution in [2.75, 3.05) is 11.9 Å². The van der Waals surface area contributed by atoms with Crippen LogP contribution >= 0.6 is 0 Å². The third kappa shape index (κ3) is 2.95. The molecule has 1 aliphatic carbocycles. The molecule has 2 heterocycles. The lowest BCUT2D eigenvalue weighted by atomic mass is 9.93. The van der Waals surface area contributed by atoms with Crippen LogP contribution in [0, 0.1) is 5.92 Å². The molecule has 130 valence electrons. The lowest BCUT2D eigenvalue weighted by molar-refractivity contribution is -0.141. The summed E-state index contributed by atoms with van der Waals surface area (Å²) in [6.45, 7) is 1.22. The van der Waals surface area contributed by atoms with Crippen LogP contribution in [-0.2, 0) is 11.0 Å². The fourth-order valence-corrected chi connectivity index (χ4v) is 2.53. The number of nitrogens with one attached hydrogen (secondary N) is 1. The number of hydrogen-bond acceptors (Lipinski definition) is 4. The zero-order valence-electron chi connectivity index (χ0n) is 13.0. The van der Waals surface area contributed by atoms with Crippen LogP contribution in [0.4, 0.5) is 19.1 Å². The summed E-state index contributed by atoms with van der Waals surface area (Å²) in [5.41, 5.74) is -0.583. The summed E-state index contributed by atoms with van der Waals surface area (Å²) in [5.74, 6) is -0.908. The van der Waals surface area contributed by atoms with Gasteiger partial charge in [-0.05, 0) is 31.4 Å². The summed E-state index contributed by atoms with van der Waals surface area (Å²) in [6.07, 6.45) is -1.99. The van der Waals surface area contributed by atoms with E-state index in [4.69, 9.17) is 5.11 Å². The van der Waals surface area contributed by atoms with Crippen LogP contribution < -0.4 is 5.32 Å². The SMILES string of the molecule is C[C@@H](CO)C(=O)Nc1nc2ccc(C(F)(F)F)nc2n1C1CCC1. The normalized spacial score (nSPS) is 16.9. The Bertz CT molecular complexity index is 768. The monoisotopic (exact) mass is 342 g/mol. The van der Waals surface area contributed by atoms with E-state index in [0.29, 0.717) is 5.52 Å². The second kappa shape index (κ2) is 6.04. The fraction of sp³-hybridized carbons (Fsp3) is 0.533. The van der Waals surface area contributed by atoms with Gasteiger partial charge in [-0.1, -0.05) is 6.92 Å². The van der Waals surface area contributed by atoms with Crippen molar-refractivity contribution in [3.8, 4) is 0 Å². The number of aliphatic hydroxyl groups excluding tert-OH is 1. The fourth-order valence-electron chi connectivity index (χ4n) is 2.53. The third-order valence-corrected chi connectivity index (χ3v) is 4.22. The summed E-state index contributed by atoms with van der Waals surface area (Å²) >= 11 is 0. The number of aromatic nitrogens is 3. The molecule has 2 N–H and O–H groups in total. The van der Waals surface area contributed by atoms with E-state index in [0.717, 1.165) is 25.3 Å². The molecule has 1 aliphatic rings. The predicted octanol–water partition coefficient (Wildman–Crippen LogP) is 2.74. The zero-order chi connectivity index (χ0) is 17.5. The second-order valence-corrected chi connectivity index (χ2v) is 6.00. The molecular weight excluding hydrogens is 325 g/mol. The number of carbonyl (C=O) groups excluding carboxylic acids is 1. The van der Waals surface area contributed by atoms with Gasteiger partial charge in [0.1, 0.15) is 11.2 Å². The standard InChI is InChI=1S/C15H17F3N4O2/c1-8(7-23)13(24)21-14-19-10-5-6-11(15(16,17)18)20-12(10)22(14)9-3-2-4-9/h5-6,8-9,23H,2-4,7H2,1H3,(H,19,21,24)/t8-/m0/s1. The van der Waals surface area contributed by atoms with Crippen LogP contribution in [-0.4, -0.2) is 32.2 Å². The van der Waals surface area contributed by atoms with Crippen LogP contribution in [0.2, 0.25) is 0 Å². The van der Waals surface area contributed by atoms with Crippen molar-refractivity contribution in [3.63, 3.8) is 0 Å². The number of rotatable bonds is 4. The van der Waals surface area contributed by atoms with Gasteiger partial charge in [0.25, 0.3) is 0 Å². The highest BCUT2D eigenvalue weighted by Crippen LogP contribution is 2.37. The quantitative estimate of drug-likeness (QED) is 0.895. The van der Waals surface area contributed by atoms with Gasteiger partial charge >= 0.3 is 6.18 Å². The Labute approximate surface area is 135 Å². The van der Waals surface area contributed by atoms with Crippen molar-refractivity contribution in [2.24, 2.45) is 5.92 Å². The number of amides is 1. The molecule has 2 aromatic heterocycles. The van der Waals surface area contributed by atoms with Crippen molar-refractivity contribution < 1.29 is 23.1 Å². The van der Waals surface area contributed by atoms with E-state index in [2.05, 4.69) is 15.3 Å². The average molecular weight is 342 g/mol. The van der Waals surface area contributed by atoms with Gasteiger partial charge in [-0.2, -0.15) is 13.2 Å². The van der Waals surface area contributed by atoms with Crippen LogP contribution in [0.5, 0.6) is 0 Å². The van der Waals surface area contributed by atoms with E-state index in [1.165, 1.54) is 6.07 Å². The third-order valence-electron chi connectivity index (χ3n) is 4.22. The van der Waals surface area contributed by atoms with E-state index in [1.54, 1.807) is 11.5 Å². The van der Waals surface area contributed by atoms with Crippen LogP contribution in [0.3, 0.4) is 0 Å². The van der Waals surface area contributed by atoms with Crippen molar-refractivity contribution in [3.05, 3.63) is 17.8 Å². The molecule has 1 atom stereocenters. The van der Waals surface area contributed by atoms with Gasteiger partial charge < -0.3 is 5.11 Å². The summed E-state index contributed by atoms with van der Waals surface area (Å²) in [4.78, 5) is 19.9. The molecule has 2 aromatic rings. The number of halogens is 3. The number of aliphatic hydroxyl groups is 1. The number of nitrogens with zero attached hydrogens (tertiary/aromatic N) is 3. The van der Waals surface area contributed by atoms with Gasteiger partial charge in [0.05, 0.1) is 12.5 Å². The maximum atomic E-state index is 12.9. The van der Waals surface area contributed by atoms with Gasteiger partial charge in [-0.3, -0.25) is 14.7 Å². The number of anilines is 1. The molecule has 0 radical (unpaired) electrons. The largest absolute Gasteiger partial charge is 0.433 e. The van der Waals surface area contributed by atoms with Crippen molar-refractivity contribution in [1.82, 2.24) is 14.5 Å². The van der Waals surface area contributed by atoms with Gasteiger partial charge in [-0.15, -0.1) is 0 Å². The van der Waals surface area contributed by atoms with E-state index in [9.17, 15) is 18.0 Å². The lowest BCUT2D eigenvalue weighted by Gasteiger charge is -2.28. The van der Waals surface area contributed by atoms with E-state index >= 15 is 0 Å². The Morgan fingerprint density at radius 2 is 2.12 bits per heavy atom. The van der Waals surface area contributed by atoms with Crippen molar-refractivity contribution in [1.29, 1.82) is 0 Å². The molecule has 3 rings (SSSR count). The molecule has 1 amide bonds. The van der Waals surface area contributed by atoms with Crippen LogP contribution in [0.25, 0.3) is 11.2 Å². The highest BCUT2D eigenvalue weighted by atomic mass is 19.4. The summed E-state index contributed by atoms with van der Waals surface area (Å²) < 4.78 is 40.3. The van der Waals surface area contributed by atoms with Gasteiger partial charge in [0.15, 0.2) is 5.65 Å².